The first-order valence-electron chi connectivity index (χ1n) is 9.98. The van der Waals surface area contributed by atoms with Gasteiger partial charge in [-0.1, -0.05) is 29.8 Å². The van der Waals surface area contributed by atoms with Gasteiger partial charge in [0.1, 0.15) is 0 Å². The highest BCUT2D eigenvalue weighted by Gasteiger charge is 2.16. The van der Waals surface area contributed by atoms with Gasteiger partial charge in [0.15, 0.2) is 10.9 Å². The molecule has 1 amide bonds. The lowest BCUT2D eigenvalue weighted by Gasteiger charge is -2.13. The number of anilines is 2. The zero-order valence-electron chi connectivity index (χ0n) is 18.3. The number of hydrogen-bond acceptors (Lipinski definition) is 5. The van der Waals surface area contributed by atoms with Crippen LogP contribution in [0.3, 0.4) is 0 Å². The van der Waals surface area contributed by atoms with Crippen molar-refractivity contribution in [2.45, 2.75) is 25.7 Å². The molecule has 170 valence electrons. The van der Waals surface area contributed by atoms with Crippen LogP contribution in [0.5, 0.6) is 0 Å². The highest BCUT2D eigenvalue weighted by atomic mass is 32.2. The molecule has 0 fully saturated rings. The third-order valence-corrected chi connectivity index (χ3v) is 6.39. The van der Waals surface area contributed by atoms with Gasteiger partial charge >= 0.3 is 0 Å². The number of thiocarbonyl (C=S) groups is 1. The zero-order valence-corrected chi connectivity index (χ0v) is 19.9. The van der Waals surface area contributed by atoms with E-state index >= 15 is 0 Å². The van der Waals surface area contributed by atoms with Crippen LogP contribution in [-0.4, -0.2) is 25.2 Å². The van der Waals surface area contributed by atoms with Gasteiger partial charge < -0.3 is 5.32 Å². The van der Waals surface area contributed by atoms with Crippen molar-refractivity contribution < 1.29 is 18.0 Å². The van der Waals surface area contributed by atoms with Crippen LogP contribution in [0.15, 0.2) is 71.6 Å². The minimum Gasteiger partial charge on any atom is -0.332 e. The van der Waals surface area contributed by atoms with E-state index in [9.17, 15) is 18.0 Å². The van der Waals surface area contributed by atoms with Crippen LogP contribution in [0, 0.1) is 13.8 Å². The number of ketones is 1. The Bertz CT molecular complexity index is 1330. The van der Waals surface area contributed by atoms with Gasteiger partial charge in [-0.2, -0.15) is 0 Å². The van der Waals surface area contributed by atoms with Crippen molar-refractivity contribution in [3.8, 4) is 0 Å². The fourth-order valence-corrected chi connectivity index (χ4v) is 4.41. The third kappa shape index (κ3) is 6.24. The number of amides is 1. The molecule has 7 nitrogen and oxygen atoms in total. The van der Waals surface area contributed by atoms with Crippen LogP contribution in [0.2, 0.25) is 0 Å². The molecule has 3 rings (SSSR count). The van der Waals surface area contributed by atoms with Crippen LogP contribution in [0.4, 0.5) is 11.4 Å². The molecule has 0 atom stereocenters. The highest BCUT2D eigenvalue weighted by molar-refractivity contribution is 7.92. The molecule has 0 aliphatic heterocycles. The summed E-state index contributed by atoms with van der Waals surface area (Å²) in [6.07, 6.45) is 0. The second kappa shape index (κ2) is 9.93. The molecule has 0 radical (unpaired) electrons. The van der Waals surface area contributed by atoms with E-state index < -0.39 is 15.9 Å². The summed E-state index contributed by atoms with van der Waals surface area (Å²) in [5.74, 6) is -0.611. The van der Waals surface area contributed by atoms with Crippen molar-refractivity contribution in [2.75, 3.05) is 10.0 Å². The summed E-state index contributed by atoms with van der Waals surface area (Å²) in [6.45, 7) is 5.20. The van der Waals surface area contributed by atoms with Gasteiger partial charge in [0, 0.05) is 16.8 Å². The number of carbonyl (C=O) groups is 2. The number of carbonyl (C=O) groups excluding carboxylic acids is 2. The Balaban J connectivity index is 1.65. The lowest BCUT2D eigenvalue weighted by molar-refractivity contribution is 0.0977. The van der Waals surface area contributed by atoms with Crippen molar-refractivity contribution in [2.24, 2.45) is 0 Å². The summed E-state index contributed by atoms with van der Waals surface area (Å²) >= 11 is 5.17. The van der Waals surface area contributed by atoms with Crippen molar-refractivity contribution in [3.05, 3.63) is 89.0 Å². The summed E-state index contributed by atoms with van der Waals surface area (Å²) in [6, 6.07) is 17.7. The Labute approximate surface area is 198 Å². The van der Waals surface area contributed by atoms with Crippen molar-refractivity contribution >= 4 is 50.4 Å². The molecule has 0 aliphatic rings. The third-order valence-electron chi connectivity index (χ3n) is 4.81. The van der Waals surface area contributed by atoms with E-state index in [1.54, 1.807) is 36.4 Å². The fraction of sp³-hybridized carbons (Fsp3) is 0.125. The first-order valence-corrected chi connectivity index (χ1v) is 11.9. The van der Waals surface area contributed by atoms with Crippen LogP contribution in [-0.2, 0) is 10.0 Å². The normalized spacial score (nSPS) is 10.9. The van der Waals surface area contributed by atoms with Crippen LogP contribution >= 0.6 is 12.2 Å². The highest BCUT2D eigenvalue weighted by Crippen LogP contribution is 2.22. The number of nitrogens with one attached hydrogen (secondary N) is 3. The van der Waals surface area contributed by atoms with Gasteiger partial charge in [-0.3, -0.25) is 19.6 Å². The van der Waals surface area contributed by atoms with E-state index in [0.717, 1.165) is 11.1 Å². The molecule has 3 aromatic carbocycles. The van der Waals surface area contributed by atoms with Gasteiger partial charge in [-0.15, -0.1) is 0 Å². The van der Waals surface area contributed by atoms with Gasteiger partial charge in [-0.25, -0.2) is 8.42 Å². The van der Waals surface area contributed by atoms with Gasteiger partial charge in [0.25, 0.3) is 15.9 Å². The molecule has 0 heterocycles. The molecule has 0 unspecified atom stereocenters. The first-order chi connectivity index (χ1) is 15.5. The Morgan fingerprint density at radius 1 is 0.879 bits per heavy atom. The molecule has 3 N–H and O–H groups in total. The van der Waals surface area contributed by atoms with Gasteiger partial charge in [0.05, 0.1) is 10.6 Å². The maximum atomic E-state index is 12.7. The molecular formula is C24H23N3O4S2. The molecule has 0 saturated heterocycles. The van der Waals surface area contributed by atoms with Gasteiger partial charge in [0.2, 0.25) is 0 Å². The molecule has 0 spiro atoms. The summed E-state index contributed by atoms with van der Waals surface area (Å²) < 4.78 is 28.0. The smallest absolute Gasteiger partial charge is 0.261 e. The van der Waals surface area contributed by atoms with Crippen LogP contribution < -0.4 is 15.4 Å². The number of sulfonamides is 1. The van der Waals surface area contributed by atoms with E-state index in [-0.39, 0.29) is 15.8 Å². The Kier molecular flexibility index (Phi) is 7.25. The second-order valence-corrected chi connectivity index (χ2v) is 9.58. The van der Waals surface area contributed by atoms with E-state index in [1.807, 2.05) is 26.0 Å². The van der Waals surface area contributed by atoms with Gasteiger partial charge in [-0.05, 0) is 81.0 Å². The number of Topliss-reactive ketones (excluding diaryl/α,β-unsaturated/α-hetero) is 1. The molecule has 0 aliphatic carbocycles. The molecule has 9 heteroatoms. The lowest BCUT2D eigenvalue weighted by Crippen LogP contribution is -2.34. The number of hydrogen-bond donors (Lipinski definition) is 3. The summed E-state index contributed by atoms with van der Waals surface area (Å²) in [4.78, 5) is 24.0. The average Bonchev–Trinajstić information content (AvgIpc) is 2.76. The topological polar surface area (TPSA) is 104 Å². The summed E-state index contributed by atoms with van der Waals surface area (Å²) in [7, 11) is -3.77. The summed E-state index contributed by atoms with van der Waals surface area (Å²) in [5.41, 5.74) is 3.61. The Morgan fingerprint density at radius 3 is 2.18 bits per heavy atom. The van der Waals surface area contributed by atoms with Crippen molar-refractivity contribution in [1.82, 2.24) is 5.32 Å². The maximum absolute atomic E-state index is 12.7. The predicted molar refractivity (Wildman–Crippen MR) is 133 cm³/mol. The fourth-order valence-electron chi connectivity index (χ4n) is 3.07. The SMILES string of the molecule is CC(=O)c1cccc(C(=O)NC(=S)Nc2ccc(S(=O)(=O)Nc3ccc(C)cc3C)cc2)c1. The van der Waals surface area contributed by atoms with E-state index in [2.05, 4.69) is 15.4 Å². The molecule has 3 aromatic rings. The monoisotopic (exact) mass is 481 g/mol. The zero-order chi connectivity index (χ0) is 24.2. The molecular weight excluding hydrogens is 458 g/mol. The lowest BCUT2D eigenvalue weighted by atomic mass is 10.1. The van der Waals surface area contributed by atoms with Crippen molar-refractivity contribution in [3.63, 3.8) is 0 Å². The number of aryl methyl sites for hydroxylation is 2. The standard InChI is InChI=1S/C24H23N3O4S2/c1-15-7-12-22(16(2)13-15)27-33(30,31)21-10-8-20(9-11-21)25-24(32)26-23(29)19-6-4-5-18(14-19)17(3)28/h4-14,27H,1-3H3,(H2,25,26,29,32). The molecule has 0 bridgehead atoms. The number of benzene rings is 3. The quantitative estimate of drug-likeness (QED) is 0.355. The van der Waals surface area contributed by atoms with E-state index in [1.165, 1.54) is 25.1 Å². The minimum absolute atomic E-state index is 0.0391. The largest absolute Gasteiger partial charge is 0.332 e. The Morgan fingerprint density at radius 2 is 1.55 bits per heavy atom. The number of rotatable bonds is 6. The van der Waals surface area contributed by atoms with E-state index in [0.29, 0.717) is 22.5 Å². The molecule has 0 aromatic heterocycles. The first kappa shape index (κ1) is 24.1. The minimum atomic E-state index is -3.77. The molecule has 0 saturated carbocycles. The van der Waals surface area contributed by atoms with Crippen LogP contribution in [0.1, 0.15) is 38.8 Å². The predicted octanol–water partition coefficient (Wildman–Crippen LogP) is 4.43. The van der Waals surface area contributed by atoms with Crippen molar-refractivity contribution in [1.29, 1.82) is 0 Å². The average molecular weight is 482 g/mol. The Hall–Kier alpha value is -3.56. The maximum Gasteiger partial charge on any atom is 0.261 e. The van der Waals surface area contributed by atoms with Crippen LogP contribution in [0.25, 0.3) is 0 Å². The van der Waals surface area contributed by atoms with E-state index in [4.69, 9.17) is 12.2 Å². The second-order valence-electron chi connectivity index (χ2n) is 7.49. The molecule has 33 heavy (non-hydrogen) atoms. The summed E-state index contributed by atoms with van der Waals surface area (Å²) in [5, 5.41) is 5.42.